The minimum absolute atomic E-state index is 0.114. The van der Waals surface area contributed by atoms with Gasteiger partial charge in [0.05, 0.1) is 10.5 Å². The lowest BCUT2D eigenvalue weighted by Crippen LogP contribution is -2.43. The topological polar surface area (TPSA) is 104 Å². The van der Waals surface area contributed by atoms with Crippen molar-refractivity contribution in [3.8, 4) is 0 Å². The molecule has 1 rings (SSSR count). The smallest absolute Gasteiger partial charge is 0.311 e. The second-order valence-corrected chi connectivity index (χ2v) is 5.44. The van der Waals surface area contributed by atoms with Gasteiger partial charge in [0, 0.05) is 25.7 Å². The van der Waals surface area contributed by atoms with Crippen LogP contribution >= 0.6 is 0 Å². The highest BCUT2D eigenvalue weighted by Crippen LogP contribution is 2.24. The van der Waals surface area contributed by atoms with Crippen LogP contribution in [0.1, 0.15) is 13.8 Å². The summed E-state index contributed by atoms with van der Waals surface area (Å²) in [6, 6.07) is 2.96. The third-order valence-corrected chi connectivity index (χ3v) is 2.72. The van der Waals surface area contributed by atoms with E-state index in [0.29, 0.717) is 18.9 Å². The number of anilines is 2. The van der Waals surface area contributed by atoms with E-state index in [1.165, 1.54) is 6.07 Å². The van der Waals surface area contributed by atoms with Crippen LogP contribution < -0.4 is 10.6 Å². The molecule has 0 spiro atoms. The number of aromatic nitrogens is 1. The van der Waals surface area contributed by atoms with E-state index in [4.69, 9.17) is 0 Å². The van der Waals surface area contributed by atoms with Gasteiger partial charge in [0.15, 0.2) is 0 Å². The molecule has 1 heterocycles. The number of rotatable bonds is 8. The number of hydrogen-bond donors (Lipinski definition) is 3. The Bertz CT molecular complexity index is 491. The van der Waals surface area contributed by atoms with Crippen LogP contribution in [-0.2, 0) is 0 Å². The van der Waals surface area contributed by atoms with Gasteiger partial charge in [-0.15, -0.1) is 0 Å². The minimum atomic E-state index is -1.02. The second-order valence-electron chi connectivity index (χ2n) is 5.44. The van der Waals surface area contributed by atoms with Crippen LogP contribution in [-0.4, -0.2) is 59.2 Å². The molecule has 0 fully saturated rings. The molecule has 0 aromatic carbocycles. The van der Waals surface area contributed by atoms with Crippen LogP contribution in [0.5, 0.6) is 0 Å². The summed E-state index contributed by atoms with van der Waals surface area (Å²) < 4.78 is 0. The Morgan fingerprint density at radius 1 is 1.43 bits per heavy atom. The van der Waals surface area contributed by atoms with E-state index in [-0.39, 0.29) is 18.1 Å². The third kappa shape index (κ3) is 5.52. The number of nitrogens with zero attached hydrogens (tertiary/aromatic N) is 3. The van der Waals surface area contributed by atoms with E-state index >= 15 is 0 Å². The standard InChI is InChI=1S/C13H23N5O3/c1-5-14-11-7-6-10(18(20)21)12(16-11)15-8-13(2,19)9-17(3)4/h6-7,19H,5,8-9H2,1-4H3,(H2,14,15,16). The SMILES string of the molecule is CCNc1ccc([N+](=O)[O-])c(NCC(C)(O)CN(C)C)n1. The fraction of sp³-hybridized carbons (Fsp3) is 0.615. The average molecular weight is 297 g/mol. The van der Waals surface area contributed by atoms with E-state index in [1.54, 1.807) is 13.0 Å². The zero-order chi connectivity index (χ0) is 16.0. The maximum atomic E-state index is 11.0. The van der Waals surface area contributed by atoms with Crippen molar-refractivity contribution in [2.45, 2.75) is 19.4 Å². The summed E-state index contributed by atoms with van der Waals surface area (Å²) in [7, 11) is 3.70. The van der Waals surface area contributed by atoms with Crippen molar-refractivity contribution in [1.82, 2.24) is 9.88 Å². The van der Waals surface area contributed by atoms with Crippen molar-refractivity contribution in [1.29, 1.82) is 0 Å². The van der Waals surface area contributed by atoms with Crippen LogP contribution in [0.3, 0.4) is 0 Å². The number of likely N-dealkylation sites (N-methyl/N-ethyl adjacent to an activating group) is 1. The van der Waals surface area contributed by atoms with Crippen molar-refractivity contribution in [2.75, 3.05) is 44.4 Å². The van der Waals surface area contributed by atoms with Gasteiger partial charge in [-0.3, -0.25) is 10.1 Å². The molecule has 0 aliphatic rings. The molecular formula is C13H23N5O3. The lowest BCUT2D eigenvalue weighted by Gasteiger charge is -2.27. The predicted octanol–water partition coefficient (Wildman–Crippen LogP) is 1.15. The number of pyridine rings is 1. The van der Waals surface area contributed by atoms with Crippen molar-refractivity contribution >= 4 is 17.3 Å². The molecule has 118 valence electrons. The fourth-order valence-corrected chi connectivity index (χ4v) is 2.02. The molecule has 21 heavy (non-hydrogen) atoms. The van der Waals surface area contributed by atoms with E-state index in [9.17, 15) is 15.2 Å². The molecular weight excluding hydrogens is 274 g/mol. The largest absolute Gasteiger partial charge is 0.387 e. The predicted molar refractivity (Wildman–Crippen MR) is 82.7 cm³/mol. The van der Waals surface area contributed by atoms with E-state index in [1.807, 2.05) is 25.9 Å². The summed E-state index contributed by atoms with van der Waals surface area (Å²) in [6.07, 6.45) is 0. The fourth-order valence-electron chi connectivity index (χ4n) is 2.02. The first kappa shape index (κ1) is 17.1. The van der Waals surface area contributed by atoms with Crippen LogP contribution in [0.25, 0.3) is 0 Å². The monoisotopic (exact) mass is 297 g/mol. The summed E-state index contributed by atoms with van der Waals surface area (Å²) in [5, 5.41) is 27.1. The van der Waals surface area contributed by atoms with Gasteiger partial charge in [-0.05, 0) is 34.0 Å². The summed E-state index contributed by atoms with van der Waals surface area (Å²) >= 11 is 0. The molecule has 0 saturated carbocycles. The average Bonchev–Trinajstić information content (AvgIpc) is 2.35. The molecule has 0 bridgehead atoms. The van der Waals surface area contributed by atoms with Gasteiger partial charge in [-0.1, -0.05) is 0 Å². The first-order valence-corrected chi connectivity index (χ1v) is 6.75. The van der Waals surface area contributed by atoms with Crippen molar-refractivity contribution in [2.24, 2.45) is 0 Å². The van der Waals surface area contributed by atoms with E-state index < -0.39 is 10.5 Å². The molecule has 8 heteroatoms. The van der Waals surface area contributed by atoms with Gasteiger partial charge in [-0.2, -0.15) is 0 Å². The Balaban J connectivity index is 2.89. The first-order chi connectivity index (χ1) is 9.75. The Kier molecular flexibility index (Phi) is 5.86. The molecule has 1 aromatic heterocycles. The highest BCUT2D eigenvalue weighted by Gasteiger charge is 2.24. The number of nitrogens with one attached hydrogen (secondary N) is 2. The zero-order valence-electron chi connectivity index (χ0n) is 12.9. The summed E-state index contributed by atoms with van der Waals surface area (Å²) in [5.41, 5.74) is -1.13. The lowest BCUT2D eigenvalue weighted by atomic mass is 10.1. The first-order valence-electron chi connectivity index (χ1n) is 6.75. The van der Waals surface area contributed by atoms with Crippen LogP contribution in [0.2, 0.25) is 0 Å². The highest BCUT2D eigenvalue weighted by molar-refractivity contribution is 5.60. The van der Waals surface area contributed by atoms with Crippen molar-refractivity contribution < 1.29 is 10.0 Å². The molecule has 0 amide bonds. The molecule has 1 aromatic rings. The molecule has 0 aliphatic heterocycles. The summed E-state index contributed by atoms with van der Waals surface area (Å²) in [6.45, 7) is 4.84. The molecule has 3 N–H and O–H groups in total. The van der Waals surface area contributed by atoms with Crippen LogP contribution in [0, 0.1) is 10.1 Å². The summed E-state index contributed by atoms with van der Waals surface area (Å²) in [4.78, 5) is 16.6. The van der Waals surface area contributed by atoms with Gasteiger partial charge in [0.2, 0.25) is 5.82 Å². The Hall–Kier alpha value is -1.93. The van der Waals surface area contributed by atoms with E-state index in [2.05, 4.69) is 15.6 Å². The van der Waals surface area contributed by atoms with Gasteiger partial charge in [0.1, 0.15) is 5.82 Å². The second kappa shape index (κ2) is 7.19. The van der Waals surface area contributed by atoms with Gasteiger partial charge < -0.3 is 20.6 Å². The van der Waals surface area contributed by atoms with Crippen molar-refractivity contribution in [3.63, 3.8) is 0 Å². The van der Waals surface area contributed by atoms with Gasteiger partial charge >= 0.3 is 5.69 Å². The number of aliphatic hydroxyl groups is 1. The molecule has 0 saturated heterocycles. The van der Waals surface area contributed by atoms with Crippen molar-refractivity contribution in [3.05, 3.63) is 22.2 Å². The maximum absolute atomic E-state index is 11.0. The normalized spacial score (nSPS) is 13.8. The Labute approximate surface area is 124 Å². The van der Waals surface area contributed by atoms with Gasteiger partial charge in [-0.25, -0.2) is 4.98 Å². The van der Waals surface area contributed by atoms with Crippen LogP contribution in [0.15, 0.2) is 12.1 Å². The van der Waals surface area contributed by atoms with Gasteiger partial charge in [0.25, 0.3) is 0 Å². The Morgan fingerprint density at radius 2 is 2.10 bits per heavy atom. The Morgan fingerprint density at radius 3 is 2.62 bits per heavy atom. The summed E-state index contributed by atoms with van der Waals surface area (Å²) in [5.74, 6) is 0.704. The molecule has 1 atom stereocenters. The zero-order valence-corrected chi connectivity index (χ0v) is 12.9. The molecule has 0 radical (unpaired) electrons. The number of hydrogen-bond acceptors (Lipinski definition) is 7. The lowest BCUT2D eigenvalue weighted by molar-refractivity contribution is -0.384. The molecule has 0 aliphatic carbocycles. The molecule has 1 unspecified atom stereocenters. The highest BCUT2D eigenvalue weighted by atomic mass is 16.6. The van der Waals surface area contributed by atoms with E-state index in [0.717, 1.165) is 0 Å². The third-order valence-electron chi connectivity index (χ3n) is 2.72. The quantitative estimate of drug-likeness (QED) is 0.488. The minimum Gasteiger partial charge on any atom is -0.387 e. The maximum Gasteiger partial charge on any atom is 0.311 e. The van der Waals surface area contributed by atoms with Crippen LogP contribution in [0.4, 0.5) is 17.3 Å². The molecule has 8 nitrogen and oxygen atoms in total. The number of nitro groups is 1.